The molecule has 0 atom stereocenters. The third-order valence-electron chi connectivity index (χ3n) is 3.90. The average molecular weight is 286 g/mol. The number of ketones is 1. The maximum Gasteiger partial charge on any atom is 0.304 e. The van der Waals surface area contributed by atoms with Crippen molar-refractivity contribution < 1.29 is 34.1 Å². The summed E-state index contributed by atoms with van der Waals surface area (Å²) >= 11 is 0. The van der Waals surface area contributed by atoms with Crippen molar-refractivity contribution in [3.05, 3.63) is 0 Å². The molecule has 2 fully saturated rings. The van der Waals surface area contributed by atoms with E-state index in [-0.39, 0.29) is 31.8 Å². The van der Waals surface area contributed by atoms with Crippen molar-refractivity contribution in [2.24, 2.45) is 5.41 Å². The summed E-state index contributed by atoms with van der Waals surface area (Å²) < 4.78 is 11.3. The highest BCUT2D eigenvalue weighted by atomic mass is 16.7. The predicted molar refractivity (Wildman–Crippen MR) is 65.0 cm³/mol. The topological polar surface area (TPSA) is 110 Å². The Balaban J connectivity index is 2.03. The SMILES string of the molecule is O=C(O)CC1(CC(=O)O)COC2(CCC(=O)CC2)OC1. The second kappa shape index (κ2) is 5.49. The van der Waals surface area contributed by atoms with E-state index in [4.69, 9.17) is 19.7 Å². The van der Waals surface area contributed by atoms with Crippen LogP contribution in [0.15, 0.2) is 0 Å². The van der Waals surface area contributed by atoms with Crippen molar-refractivity contribution in [3.63, 3.8) is 0 Å². The zero-order valence-corrected chi connectivity index (χ0v) is 11.1. The minimum absolute atomic E-state index is 0.0276. The van der Waals surface area contributed by atoms with E-state index in [1.54, 1.807) is 0 Å². The lowest BCUT2D eigenvalue weighted by Gasteiger charge is -2.46. The van der Waals surface area contributed by atoms with Gasteiger partial charge in [-0.1, -0.05) is 0 Å². The average Bonchev–Trinajstić information content (AvgIpc) is 2.35. The molecule has 1 saturated carbocycles. The quantitative estimate of drug-likeness (QED) is 0.786. The summed E-state index contributed by atoms with van der Waals surface area (Å²) in [5.41, 5.74) is -1.04. The van der Waals surface area contributed by atoms with Crippen molar-refractivity contribution >= 4 is 17.7 Å². The van der Waals surface area contributed by atoms with Gasteiger partial charge < -0.3 is 19.7 Å². The van der Waals surface area contributed by atoms with E-state index in [0.717, 1.165) is 0 Å². The van der Waals surface area contributed by atoms with Crippen molar-refractivity contribution in [2.45, 2.75) is 44.3 Å². The normalized spacial score (nSPS) is 24.5. The molecular formula is C13H18O7. The second-order valence-electron chi connectivity index (χ2n) is 5.67. The molecule has 1 spiro atoms. The van der Waals surface area contributed by atoms with E-state index < -0.39 is 23.1 Å². The van der Waals surface area contributed by atoms with Gasteiger partial charge in [-0.15, -0.1) is 0 Å². The first kappa shape index (κ1) is 14.9. The molecule has 112 valence electrons. The number of carboxylic acids is 2. The molecule has 0 aromatic carbocycles. The van der Waals surface area contributed by atoms with Crippen LogP contribution in [-0.2, 0) is 23.9 Å². The molecule has 0 aromatic heterocycles. The lowest BCUT2D eigenvalue weighted by Crippen LogP contribution is -2.52. The molecule has 0 amide bonds. The molecule has 20 heavy (non-hydrogen) atoms. The van der Waals surface area contributed by atoms with Gasteiger partial charge in [-0.05, 0) is 0 Å². The third-order valence-corrected chi connectivity index (χ3v) is 3.90. The van der Waals surface area contributed by atoms with Crippen LogP contribution in [0.5, 0.6) is 0 Å². The lowest BCUT2D eigenvalue weighted by atomic mass is 9.80. The smallest absolute Gasteiger partial charge is 0.304 e. The number of carbonyl (C=O) groups is 3. The molecule has 1 saturated heterocycles. The van der Waals surface area contributed by atoms with E-state index in [1.165, 1.54) is 0 Å². The summed E-state index contributed by atoms with van der Waals surface area (Å²) in [5, 5.41) is 17.9. The zero-order valence-electron chi connectivity index (χ0n) is 11.1. The molecule has 1 heterocycles. The Labute approximate surface area is 115 Å². The van der Waals surface area contributed by atoms with Crippen LogP contribution in [0, 0.1) is 5.41 Å². The number of carbonyl (C=O) groups excluding carboxylic acids is 1. The van der Waals surface area contributed by atoms with E-state index >= 15 is 0 Å². The Morgan fingerprint density at radius 1 is 1.00 bits per heavy atom. The molecule has 0 bridgehead atoms. The van der Waals surface area contributed by atoms with Crippen molar-refractivity contribution in [3.8, 4) is 0 Å². The first-order chi connectivity index (χ1) is 9.35. The van der Waals surface area contributed by atoms with Crippen LogP contribution in [0.1, 0.15) is 38.5 Å². The fraction of sp³-hybridized carbons (Fsp3) is 0.769. The van der Waals surface area contributed by atoms with Gasteiger partial charge in [0.05, 0.1) is 26.1 Å². The van der Waals surface area contributed by atoms with Gasteiger partial charge in [-0.2, -0.15) is 0 Å². The van der Waals surface area contributed by atoms with Crippen LogP contribution in [0.4, 0.5) is 0 Å². The summed E-state index contributed by atoms with van der Waals surface area (Å²) in [6.45, 7) is 0.0551. The summed E-state index contributed by atoms with van der Waals surface area (Å²) in [7, 11) is 0. The van der Waals surface area contributed by atoms with E-state index in [2.05, 4.69) is 0 Å². The molecule has 7 heteroatoms. The highest BCUT2D eigenvalue weighted by molar-refractivity contribution is 5.79. The minimum Gasteiger partial charge on any atom is -0.481 e. The lowest BCUT2D eigenvalue weighted by molar-refractivity contribution is -0.313. The molecule has 0 aromatic rings. The number of ether oxygens (including phenoxy) is 2. The number of Topliss-reactive ketones (excluding diaryl/α,β-unsaturated/α-hetero) is 1. The Kier molecular flexibility index (Phi) is 4.10. The highest BCUT2D eigenvalue weighted by Gasteiger charge is 2.48. The Morgan fingerprint density at radius 3 is 1.85 bits per heavy atom. The monoisotopic (exact) mass is 286 g/mol. The van der Waals surface area contributed by atoms with E-state index in [1.807, 2.05) is 0 Å². The van der Waals surface area contributed by atoms with Gasteiger partial charge in [0, 0.05) is 31.1 Å². The largest absolute Gasteiger partial charge is 0.481 e. The van der Waals surface area contributed by atoms with Gasteiger partial charge in [-0.25, -0.2) is 0 Å². The number of carboxylic acid groups (broad SMARTS) is 2. The molecule has 2 aliphatic rings. The van der Waals surface area contributed by atoms with E-state index in [0.29, 0.717) is 25.7 Å². The molecule has 0 unspecified atom stereocenters. The zero-order chi connectivity index (χ0) is 14.8. The first-order valence-corrected chi connectivity index (χ1v) is 6.58. The molecule has 7 nitrogen and oxygen atoms in total. The minimum atomic E-state index is -1.08. The molecule has 1 aliphatic heterocycles. The summed E-state index contributed by atoms with van der Waals surface area (Å²) in [6.07, 6.45) is 1.03. The summed E-state index contributed by atoms with van der Waals surface area (Å²) in [5.74, 6) is -2.83. The maximum atomic E-state index is 11.2. The van der Waals surface area contributed by atoms with Crippen molar-refractivity contribution in [1.82, 2.24) is 0 Å². The van der Waals surface area contributed by atoms with Crippen LogP contribution in [0.25, 0.3) is 0 Å². The summed E-state index contributed by atoms with van der Waals surface area (Å²) in [4.78, 5) is 33.1. The van der Waals surface area contributed by atoms with Crippen LogP contribution >= 0.6 is 0 Å². The van der Waals surface area contributed by atoms with Crippen LogP contribution < -0.4 is 0 Å². The number of hydrogen-bond acceptors (Lipinski definition) is 5. The van der Waals surface area contributed by atoms with Gasteiger partial charge in [0.2, 0.25) is 0 Å². The molecule has 0 radical (unpaired) electrons. The van der Waals surface area contributed by atoms with Gasteiger partial charge in [0.1, 0.15) is 5.78 Å². The molecule has 1 aliphatic carbocycles. The Hall–Kier alpha value is -1.47. The Bertz CT molecular complexity index is 390. The van der Waals surface area contributed by atoms with Gasteiger partial charge in [0.15, 0.2) is 5.79 Å². The number of aliphatic carboxylic acids is 2. The molecule has 2 rings (SSSR count). The van der Waals surface area contributed by atoms with Crippen LogP contribution in [0.2, 0.25) is 0 Å². The Morgan fingerprint density at radius 2 is 1.45 bits per heavy atom. The highest BCUT2D eigenvalue weighted by Crippen LogP contribution is 2.41. The van der Waals surface area contributed by atoms with Crippen LogP contribution in [-0.4, -0.2) is 46.9 Å². The number of hydrogen-bond donors (Lipinski definition) is 2. The maximum absolute atomic E-state index is 11.2. The second-order valence-corrected chi connectivity index (χ2v) is 5.67. The fourth-order valence-electron chi connectivity index (χ4n) is 2.76. The van der Waals surface area contributed by atoms with E-state index in [9.17, 15) is 14.4 Å². The first-order valence-electron chi connectivity index (χ1n) is 6.58. The van der Waals surface area contributed by atoms with Gasteiger partial charge in [-0.3, -0.25) is 14.4 Å². The summed E-state index contributed by atoms with van der Waals surface area (Å²) in [6, 6.07) is 0. The predicted octanol–water partition coefficient (Wildman–Crippen LogP) is 0.808. The van der Waals surface area contributed by atoms with Crippen molar-refractivity contribution in [1.29, 1.82) is 0 Å². The fourth-order valence-corrected chi connectivity index (χ4v) is 2.76. The third kappa shape index (κ3) is 3.34. The molecule has 2 N–H and O–H groups in total. The van der Waals surface area contributed by atoms with Gasteiger partial charge >= 0.3 is 11.9 Å². The number of rotatable bonds is 4. The standard InChI is InChI=1S/C13H18O7/c14-9-1-3-13(4-2-9)19-7-12(8-20-13,5-10(15)16)6-11(17)18/h1-8H2,(H,15,16)(H,17,18). The van der Waals surface area contributed by atoms with Crippen molar-refractivity contribution in [2.75, 3.05) is 13.2 Å². The molecular weight excluding hydrogens is 268 g/mol. The van der Waals surface area contributed by atoms with Crippen LogP contribution in [0.3, 0.4) is 0 Å². The van der Waals surface area contributed by atoms with Gasteiger partial charge in [0.25, 0.3) is 0 Å².